The molecule has 1 rings (SSSR count). The molecule has 5 heteroatoms. The molecule has 0 saturated heterocycles. The van der Waals surface area contributed by atoms with Crippen LogP contribution in [0.5, 0.6) is 0 Å². The number of hydrogen-bond acceptors (Lipinski definition) is 2. The van der Waals surface area contributed by atoms with Gasteiger partial charge < -0.3 is 15.7 Å². The number of nitrogens with one attached hydrogen (secondary N) is 2. The lowest BCUT2D eigenvalue weighted by Gasteiger charge is -2.32. The second-order valence-corrected chi connectivity index (χ2v) is 5.01. The van der Waals surface area contributed by atoms with Crippen LogP contribution in [0.2, 0.25) is 0 Å². The lowest BCUT2D eigenvalue weighted by molar-refractivity contribution is -0.136. The maximum Gasteiger partial charge on any atom is 0.315 e. The summed E-state index contributed by atoms with van der Waals surface area (Å²) in [6.07, 6.45) is 3.12. The fraction of sp³-hybridized carbons (Fsp3) is 0.833. The van der Waals surface area contributed by atoms with Gasteiger partial charge in [-0.1, -0.05) is 13.8 Å². The minimum absolute atomic E-state index is 0.0362. The van der Waals surface area contributed by atoms with Gasteiger partial charge in [-0.2, -0.15) is 0 Å². The Hall–Kier alpha value is -1.26. The Morgan fingerprint density at radius 1 is 1.24 bits per heavy atom. The highest BCUT2D eigenvalue weighted by Crippen LogP contribution is 2.29. The Morgan fingerprint density at radius 2 is 1.94 bits per heavy atom. The molecule has 1 saturated carbocycles. The summed E-state index contributed by atoms with van der Waals surface area (Å²) in [5.41, 5.74) is 0. The van der Waals surface area contributed by atoms with Crippen molar-refractivity contribution < 1.29 is 14.7 Å². The Kier molecular flexibility index (Phi) is 5.25. The molecule has 0 spiro atoms. The van der Waals surface area contributed by atoms with E-state index in [0.29, 0.717) is 5.92 Å². The van der Waals surface area contributed by atoms with Crippen molar-refractivity contribution in [1.29, 1.82) is 0 Å². The third-order valence-electron chi connectivity index (χ3n) is 3.56. The van der Waals surface area contributed by atoms with Crippen LogP contribution in [0.15, 0.2) is 0 Å². The van der Waals surface area contributed by atoms with Gasteiger partial charge in [-0.15, -0.1) is 0 Å². The molecule has 0 aromatic carbocycles. The molecule has 0 aliphatic heterocycles. The zero-order valence-electron chi connectivity index (χ0n) is 10.5. The van der Waals surface area contributed by atoms with Crippen molar-refractivity contribution in [2.75, 3.05) is 6.54 Å². The third kappa shape index (κ3) is 5.06. The summed E-state index contributed by atoms with van der Waals surface area (Å²) in [4.78, 5) is 21.7. The molecule has 0 aromatic heterocycles. The van der Waals surface area contributed by atoms with E-state index in [9.17, 15) is 9.59 Å². The average Bonchev–Trinajstić information content (AvgIpc) is 2.23. The summed E-state index contributed by atoms with van der Waals surface area (Å²) in [6, 6.07) is -0.0240. The van der Waals surface area contributed by atoms with Gasteiger partial charge in [0.05, 0.1) is 6.42 Å². The van der Waals surface area contributed by atoms with Crippen LogP contribution >= 0.6 is 0 Å². The lowest BCUT2D eigenvalue weighted by atomic mass is 9.79. The molecule has 3 unspecified atom stereocenters. The molecule has 5 nitrogen and oxygen atoms in total. The highest BCUT2D eigenvalue weighted by Gasteiger charge is 2.25. The summed E-state index contributed by atoms with van der Waals surface area (Å²) in [7, 11) is 0. The molecule has 2 amide bonds. The standard InChI is InChI=1S/C12H22N2O3/c1-8-3-4-10(7-9(8)2)14-12(17)13-6-5-11(15)16/h8-10H,3-7H2,1-2H3,(H,15,16)(H2,13,14,17). The highest BCUT2D eigenvalue weighted by molar-refractivity contribution is 5.75. The van der Waals surface area contributed by atoms with E-state index in [0.717, 1.165) is 25.2 Å². The first-order valence-electron chi connectivity index (χ1n) is 6.25. The van der Waals surface area contributed by atoms with Crippen molar-refractivity contribution in [2.24, 2.45) is 11.8 Å². The Balaban J connectivity index is 2.20. The summed E-state index contributed by atoms with van der Waals surface area (Å²) in [5.74, 6) is 0.460. The van der Waals surface area contributed by atoms with Crippen LogP contribution in [-0.4, -0.2) is 29.7 Å². The van der Waals surface area contributed by atoms with Crippen LogP contribution in [0.4, 0.5) is 4.79 Å². The van der Waals surface area contributed by atoms with Crippen molar-refractivity contribution in [1.82, 2.24) is 10.6 Å². The van der Waals surface area contributed by atoms with Gasteiger partial charge in [0, 0.05) is 12.6 Å². The van der Waals surface area contributed by atoms with E-state index in [2.05, 4.69) is 24.5 Å². The van der Waals surface area contributed by atoms with E-state index < -0.39 is 5.97 Å². The Labute approximate surface area is 102 Å². The summed E-state index contributed by atoms with van der Waals surface area (Å²) in [6.45, 7) is 4.63. The topological polar surface area (TPSA) is 78.4 Å². The second kappa shape index (κ2) is 6.47. The van der Waals surface area contributed by atoms with E-state index in [1.54, 1.807) is 0 Å². The van der Waals surface area contributed by atoms with Gasteiger partial charge in [-0.25, -0.2) is 4.79 Å². The minimum Gasteiger partial charge on any atom is -0.481 e. The van der Waals surface area contributed by atoms with Crippen LogP contribution in [-0.2, 0) is 4.79 Å². The van der Waals surface area contributed by atoms with Crippen molar-refractivity contribution in [3.05, 3.63) is 0 Å². The van der Waals surface area contributed by atoms with Gasteiger partial charge in [0.15, 0.2) is 0 Å². The van der Waals surface area contributed by atoms with Crippen molar-refractivity contribution >= 4 is 12.0 Å². The van der Waals surface area contributed by atoms with E-state index in [-0.39, 0.29) is 25.0 Å². The number of rotatable bonds is 4. The van der Waals surface area contributed by atoms with Gasteiger partial charge in [-0.05, 0) is 31.1 Å². The normalized spacial score (nSPS) is 28.5. The highest BCUT2D eigenvalue weighted by atomic mass is 16.4. The quantitative estimate of drug-likeness (QED) is 0.700. The number of amides is 2. The molecule has 1 aliphatic carbocycles. The van der Waals surface area contributed by atoms with Crippen molar-refractivity contribution in [3.63, 3.8) is 0 Å². The number of carbonyl (C=O) groups excluding carboxylic acids is 1. The molecule has 0 bridgehead atoms. The van der Waals surface area contributed by atoms with Gasteiger partial charge in [0.1, 0.15) is 0 Å². The predicted octanol–water partition coefficient (Wildman–Crippen LogP) is 1.58. The summed E-state index contributed by atoms with van der Waals surface area (Å²) < 4.78 is 0. The molecule has 0 radical (unpaired) electrons. The fourth-order valence-corrected chi connectivity index (χ4v) is 2.20. The molecule has 1 fully saturated rings. The molecule has 17 heavy (non-hydrogen) atoms. The van der Waals surface area contributed by atoms with E-state index in [4.69, 9.17) is 5.11 Å². The maximum absolute atomic E-state index is 11.5. The Bertz CT molecular complexity index is 281. The fourth-order valence-electron chi connectivity index (χ4n) is 2.20. The van der Waals surface area contributed by atoms with Crippen LogP contribution < -0.4 is 10.6 Å². The zero-order chi connectivity index (χ0) is 12.8. The molecular weight excluding hydrogens is 220 g/mol. The monoisotopic (exact) mass is 242 g/mol. The Morgan fingerprint density at radius 3 is 2.53 bits per heavy atom. The number of urea groups is 1. The number of hydrogen-bond donors (Lipinski definition) is 3. The number of carboxylic acid groups (broad SMARTS) is 1. The van der Waals surface area contributed by atoms with Crippen LogP contribution in [0, 0.1) is 11.8 Å². The van der Waals surface area contributed by atoms with Crippen LogP contribution in [0.3, 0.4) is 0 Å². The van der Waals surface area contributed by atoms with E-state index >= 15 is 0 Å². The third-order valence-corrected chi connectivity index (χ3v) is 3.56. The minimum atomic E-state index is -0.898. The lowest BCUT2D eigenvalue weighted by Crippen LogP contribution is -2.45. The zero-order valence-corrected chi connectivity index (χ0v) is 10.5. The van der Waals surface area contributed by atoms with E-state index in [1.807, 2.05) is 0 Å². The van der Waals surface area contributed by atoms with Gasteiger partial charge in [-0.3, -0.25) is 4.79 Å². The molecule has 0 heterocycles. The first-order valence-corrected chi connectivity index (χ1v) is 6.25. The predicted molar refractivity (Wildman–Crippen MR) is 64.8 cm³/mol. The first-order chi connectivity index (χ1) is 7.99. The molecule has 3 N–H and O–H groups in total. The summed E-state index contributed by atoms with van der Waals surface area (Å²) >= 11 is 0. The number of aliphatic carboxylic acids is 1. The second-order valence-electron chi connectivity index (χ2n) is 5.01. The number of carboxylic acids is 1. The smallest absolute Gasteiger partial charge is 0.315 e. The van der Waals surface area contributed by atoms with Crippen molar-refractivity contribution in [2.45, 2.75) is 45.6 Å². The number of carbonyl (C=O) groups is 2. The van der Waals surface area contributed by atoms with E-state index in [1.165, 1.54) is 0 Å². The average molecular weight is 242 g/mol. The van der Waals surface area contributed by atoms with Gasteiger partial charge >= 0.3 is 12.0 Å². The van der Waals surface area contributed by atoms with Crippen molar-refractivity contribution in [3.8, 4) is 0 Å². The van der Waals surface area contributed by atoms with Gasteiger partial charge in [0.2, 0.25) is 0 Å². The van der Waals surface area contributed by atoms with Crippen LogP contribution in [0.1, 0.15) is 39.5 Å². The molecule has 98 valence electrons. The van der Waals surface area contributed by atoms with Crippen LogP contribution in [0.25, 0.3) is 0 Å². The molecular formula is C12H22N2O3. The molecule has 0 aromatic rings. The largest absolute Gasteiger partial charge is 0.481 e. The van der Waals surface area contributed by atoms with Gasteiger partial charge in [0.25, 0.3) is 0 Å². The summed E-state index contributed by atoms with van der Waals surface area (Å²) in [5, 5.41) is 13.9. The molecule has 3 atom stereocenters. The SMILES string of the molecule is CC1CCC(NC(=O)NCCC(=O)O)CC1C. The molecule has 1 aliphatic rings. The maximum atomic E-state index is 11.5. The first kappa shape index (κ1) is 13.8.